The van der Waals surface area contributed by atoms with Crippen LogP contribution in [0.1, 0.15) is 11.1 Å². The SMILES string of the molecule is N#Cc1c(COc2ccc(N)cc2)cn2ccccc12. The second-order valence-electron chi connectivity index (χ2n) is 4.49. The van der Waals surface area contributed by atoms with E-state index in [1.54, 1.807) is 12.1 Å². The number of fused-ring (bicyclic) bond motifs is 1. The standard InChI is InChI=1S/C16H13N3O/c17-9-15-12(10-19-8-2-1-3-16(15)19)11-20-14-6-4-13(18)5-7-14/h1-8,10H,11,18H2. The van der Waals surface area contributed by atoms with E-state index in [2.05, 4.69) is 6.07 Å². The van der Waals surface area contributed by atoms with E-state index >= 15 is 0 Å². The van der Waals surface area contributed by atoms with Gasteiger partial charge in [0.2, 0.25) is 0 Å². The number of pyridine rings is 1. The molecule has 4 nitrogen and oxygen atoms in total. The summed E-state index contributed by atoms with van der Waals surface area (Å²) in [5, 5.41) is 9.30. The van der Waals surface area contributed by atoms with Crippen molar-refractivity contribution in [3.05, 3.63) is 66.0 Å². The summed E-state index contributed by atoms with van der Waals surface area (Å²) in [6.45, 7) is 0.356. The largest absolute Gasteiger partial charge is 0.489 e. The summed E-state index contributed by atoms with van der Waals surface area (Å²) in [4.78, 5) is 0. The third kappa shape index (κ3) is 2.17. The first-order chi connectivity index (χ1) is 9.78. The van der Waals surface area contributed by atoms with Crippen molar-refractivity contribution in [3.8, 4) is 11.8 Å². The van der Waals surface area contributed by atoms with Crippen molar-refractivity contribution in [2.75, 3.05) is 5.73 Å². The highest BCUT2D eigenvalue weighted by Crippen LogP contribution is 2.20. The zero-order valence-corrected chi connectivity index (χ0v) is 10.8. The molecule has 0 unspecified atom stereocenters. The van der Waals surface area contributed by atoms with Gasteiger partial charge in [0.1, 0.15) is 18.4 Å². The lowest BCUT2D eigenvalue weighted by Gasteiger charge is -2.05. The van der Waals surface area contributed by atoms with Gasteiger partial charge < -0.3 is 14.9 Å². The summed E-state index contributed by atoms with van der Waals surface area (Å²) in [5.41, 5.74) is 8.75. The normalized spacial score (nSPS) is 10.3. The van der Waals surface area contributed by atoms with E-state index in [9.17, 15) is 5.26 Å². The first-order valence-electron chi connectivity index (χ1n) is 6.25. The minimum Gasteiger partial charge on any atom is -0.489 e. The fourth-order valence-corrected chi connectivity index (χ4v) is 2.14. The number of hydrogen-bond donors (Lipinski definition) is 1. The van der Waals surface area contributed by atoms with Crippen LogP contribution in [0.25, 0.3) is 5.52 Å². The molecule has 0 aliphatic rings. The topological polar surface area (TPSA) is 63.4 Å². The lowest BCUT2D eigenvalue weighted by molar-refractivity contribution is 0.306. The zero-order chi connectivity index (χ0) is 13.9. The molecule has 2 N–H and O–H groups in total. The molecule has 3 rings (SSSR count). The van der Waals surface area contributed by atoms with Gasteiger partial charge in [-0.15, -0.1) is 0 Å². The predicted octanol–water partition coefficient (Wildman–Crippen LogP) is 2.97. The number of nitriles is 1. The van der Waals surface area contributed by atoms with Gasteiger partial charge in [-0.05, 0) is 36.4 Å². The Morgan fingerprint density at radius 1 is 1.15 bits per heavy atom. The van der Waals surface area contributed by atoms with E-state index in [0.717, 1.165) is 16.8 Å². The van der Waals surface area contributed by atoms with Crippen LogP contribution in [0, 0.1) is 11.3 Å². The van der Waals surface area contributed by atoms with Crippen LogP contribution in [0.3, 0.4) is 0 Å². The molecule has 0 radical (unpaired) electrons. The number of benzene rings is 1. The molecule has 2 aromatic heterocycles. The van der Waals surface area contributed by atoms with E-state index in [4.69, 9.17) is 10.5 Å². The van der Waals surface area contributed by atoms with Crippen molar-refractivity contribution in [1.82, 2.24) is 4.40 Å². The summed E-state index contributed by atoms with van der Waals surface area (Å²) in [6, 6.07) is 15.2. The van der Waals surface area contributed by atoms with E-state index in [1.807, 2.05) is 47.1 Å². The highest BCUT2D eigenvalue weighted by Gasteiger charge is 2.10. The Hall–Kier alpha value is -2.93. The van der Waals surface area contributed by atoms with Crippen LogP contribution < -0.4 is 10.5 Å². The van der Waals surface area contributed by atoms with E-state index in [-0.39, 0.29) is 0 Å². The van der Waals surface area contributed by atoms with E-state index in [1.165, 1.54) is 0 Å². The summed E-state index contributed by atoms with van der Waals surface area (Å²) in [5.74, 6) is 0.735. The summed E-state index contributed by atoms with van der Waals surface area (Å²) >= 11 is 0. The number of rotatable bonds is 3. The van der Waals surface area contributed by atoms with Crippen molar-refractivity contribution in [3.63, 3.8) is 0 Å². The number of hydrogen-bond acceptors (Lipinski definition) is 3. The average molecular weight is 263 g/mol. The highest BCUT2D eigenvalue weighted by molar-refractivity contribution is 5.65. The highest BCUT2D eigenvalue weighted by atomic mass is 16.5. The van der Waals surface area contributed by atoms with Crippen LogP contribution in [0.15, 0.2) is 54.9 Å². The maximum Gasteiger partial charge on any atom is 0.119 e. The molecule has 4 heteroatoms. The molecule has 0 saturated heterocycles. The Labute approximate surface area is 116 Å². The van der Waals surface area contributed by atoms with Crippen LogP contribution in [-0.4, -0.2) is 4.40 Å². The minimum atomic E-state index is 0.356. The second kappa shape index (κ2) is 4.98. The Kier molecular flexibility index (Phi) is 3.02. The molecule has 20 heavy (non-hydrogen) atoms. The van der Waals surface area contributed by atoms with Crippen molar-refractivity contribution in [2.45, 2.75) is 6.61 Å². The molecule has 98 valence electrons. The molecule has 0 fully saturated rings. The Bertz CT molecular complexity index is 782. The average Bonchev–Trinajstić information content (AvgIpc) is 2.84. The van der Waals surface area contributed by atoms with Gasteiger partial charge in [0.15, 0.2) is 0 Å². The van der Waals surface area contributed by atoms with Crippen molar-refractivity contribution in [1.29, 1.82) is 5.26 Å². The number of ether oxygens (including phenoxy) is 1. The molecule has 0 aliphatic heterocycles. The fourth-order valence-electron chi connectivity index (χ4n) is 2.14. The van der Waals surface area contributed by atoms with Gasteiger partial charge in [0.25, 0.3) is 0 Å². The number of nitrogen functional groups attached to an aromatic ring is 1. The first-order valence-corrected chi connectivity index (χ1v) is 6.25. The number of nitrogens with zero attached hydrogens (tertiary/aromatic N) is 2. The van der Waals surface area contributed by atoms with Crippen LogP contribution in [0.4, 0.5) is 5.69 Å². The predicted molar refractivity (Wildman–Crippen MR) is 77.3 cm³/mol. The molecular formula is C16H13N3O. The van der Waals surface area contributed by atoms with Crippen molar-refractivity contribution >= 4 is 11.2 Å². The molecule has 2 heterocycles. The van der Waals surface area contributed by atoms with Gasteiger partial charge in [-0.3, -0.25) is 0 Å². The third-order valence-electron chi connectivity index (χ3n) is 3.15. The first kappa shape index (κ1) is 12.1. The molecule has 0 amide bonds. The van der Waals surface area contributed by atoms with Crippen LogP contribution in [0.2, 0.25) is 0 Å². The molecule has 0 bridgehead atoms. The van der Waals surface area contributed by atoms with Crippen LogP contribution >= 0.6 is 0 Å². The van der Waals surface area contributed by atoms with E-state index in [0.29, 0.717) is 17.9 Å². The van der Waals surface area contributed by atoms with E-state index < -0.39 is 0 Å². The molecule has 3 aromatic rings. The molecular weight excluding hydrogens is 250 g/mol. The van der Waals surface area contributed by atoms with Gasteiger partial charge in [-0.1, -0.05) is 6.07 Å². The van der Waals surface area contributed by atoms with Crippen LogP contribution in [-0.2, 0) is 6.61 Å². The molecule has 0 spiro atoms. The maximum atomic E-state index is 9.30. The monoisotopic (exact) mass is 263 g/mol. The molecule has 0 aliphatic carbocycles. The van der Waals surface area contributed by atoms with Crippen LogP contribution in [0.5, 0.6) is 5.75 Å². The number of aromatic nitrogens is 1. The van der Waals surface area contributed by atoms with Gasteiger partial charge >= 0.3 is 0 Å². The molecule has 1 aromatic carbocycles. The van der Waals surface area contributed by atoms with Gasteiger partial charge in [-0.25, -0.2) is 0 Å². The van der Waals surface area contributed by atoms with Crippen molar-refractivity contribution < 1.29 is 4.74 Å². The summed E-state index contributed by atoms with van der Waals surface area (Å²) < 4.78 is 7.63. The van der Waals surface area contributed by atoms with Gasteiger partial charge in [0, 0.05) is 23.6 Å². The third-order valence-corrected chi connectivity index (χ3v) is 3.15. The molecule has 0 saturated carbocycles. The summed E-state index contributed by atoms with van der Waals surface area (Å²) in [6.07, 6.45) is 3.84. The lowest BCUT2D eigenvalue weighted by atomic mass is 10.2. The summed E-state index contributed by atoms with van der Waals surface area (Å²) in [7, 11) is 0. The lowest BCUT2D eigenvalue weighted by Crippen LogP contribution is -1.96. The maximum absolute atomic E-state index is 9.30. The Morgan fingerprint density at radius 3 is 2.70 bits per heavy atom. The second-order valence-corrected chi connectivity index (χ2v) is 4.49. The molecule has 0 atom stereocenters. The smallest absolute Gasteiger partial charge is 0.119 e. The van der Waals surface area contributed by atoms with Crippen molar-refractivity contribution in [2.24, 2.45) is 0 Å². The fraction of sp³-hybridized carbons (Fsp3) is 0.0625. The zero-order valence-electron chi connectivity index (χ0n) is 10.8. The quantitative estimate of drug-likeness (QED) is 0.739. The number of nitrogens with two attached hydrogens (primary N) is 1. The minimum absolute atomic E-state index is 0.356. The Balaban J connectivity index is 1.87. The number of anilines is 1. The van der Waals surface area contributed by atoms with Gasteiger partial charge in [-0.2, -0.15) is 5.26 Å². The Morgan fingerprint density at radius 2 is 1.95 bits per heavy atom. The van der Waals surface area contributed by atoms with Gasteiger partial charge in [0.05, 0.1) is 11.1 Å².